The molecule has 0 unspecified atom stereocenters. The molecule has 0 aromatic heterocycles. The first kappa shape index (κ1) is 18.8. The lowest BCUT2D eigenvalue weighted by molar-refractivity contribution is 0.442. The second kappa shape index (κ2) is 8.06. The number of benzene rings is 2. The minimum atomic E-state index is -0.206. The van der Waals surface area contributed by atoms with E-state index in [4.69, 9.17) is 0 Å². The number of hydrogen-bond acceptors (Lipinski definition) is 3. The summed E-state index contributed by atoms with van der Waals surface area (Å²) in [4.78, 5) is 3.12. The van der Waals surface area contributed by atoms with Gasteiger partial charge in [-0.3, -0.25) is 0 Å². The Morgan fingerprint density at radius 2 is 1.96 bits per heavy atom. The van der Waals surface area contributed by atoms with Crippen LogP contribution in [0.4, 0.5) is 4.39 Å². The van der Waals surface area contributed by atoms with Crippen LogP contribution in [0.25, 0.3) is 5.57 Å². The van der Waals surface area contributed by atoms with Crippen LogP contribution in [0.1, 0.15) is 17.5 Å². The molecule has 1 N–H and O–H groups in total. The van der Waals surface area contributed by atoms with Gasteiger partial charge in [0.2, 0.25) is 0 Å². The van der Waals surface area contributed by atoms with Crippen LogP contribution < -0.4 is 0 Å². The van der Waals surface area contributed by atoms with Crippen molar-refractivity contribution >= 4 is 29.7 Å². The van der Waals surface area contributed by atoms with Gasteiger partial charge in [0, 0.05) is 17.2 Å². The summed E-state index contributed by atoms with van der Waals surface area (Å²) in [5, 5.41) is 9.88. The molecule has 0 bridgehead atoms. The highest BCUT2D eigenvalue weighted by molar-refractivity contribution is 7.99. The number of rotatable bonds is 3. The maximum Gasteiger partial charge on any atom is 0.124 e. The Labute approximate surface area is 152 Å². The van der Waals surface area contributed by atoms with Gasteiger partial charge < -0.3 is 10.0 Å². The molecule has 5 heteroatoms. The fourth-order valence-electron chi connectivity index (χ4n) is 2.98. The van der Waals surface area contributed by atoms with Crippen molar-refractivity contribution in [2.45, 2.75) is 11.3 Å². The van der Waals surface area contributed by atoms with E-state index in [1.807, 2.05) is 18.2 Å². The molecule has 0 radical (unpaired) electrons. The lowest BCUT2D eigenvalue weighted by Gasteiger charge is -2.19. The Kier molecular flexibility index (Phi) is 6.33. The number of halogens is 2. The summed E-state index contributed by atoms with van der Waals surface area (Å²) < 4.78 is 13.7. The standard InChI is InChI=1S/C19H20FNOS.ClH/c1-21(2)12-14-8-9-23-18-11-15(20)6-7-17(18)19(14)13-4-3-5-16(22)10-13;/h3-7,10-11,22H,8-9,12H2,1-2H3;1H. The quantitative estimate of drug-likeness (QED) is 0.844. The third-order valence-corrected chi connectivity index (χ3v) is 4.93. The molecular weight excluding hydrogens is 345 g/mol. The number of aromatic hydroxyl groups is 1. The lowest BCUT2D eigenvalue weighted by Crippen LogP contribution is -2.16. The topological polar surface area (TPSA) is 23.5 Å². The molecule has 0 aliphatic carbocycles. The number of phenolic OH excluding ortho intramolecular Hbond substituents is 1. The highest BCUT2D eigenvalue weighted by atomic mass is 35.5. The molecular formula is C19H21ClFNOS. The molecule has 0 saturated heterocycles. The number of phenols is 1. The van der Waals surface area contributed by atoms with Crippen LogP contribution in [-0.4, -0.2) is 36.4 Å². The summed E-state index contributed by atoms with van der Waals surface area (Å²) in [6.45, 7) is 0.850. The molecule has 0 amide bonds. The average Bonchev–Trinajstić information content (AvgIpc) is 2.65. The molecule has 3 rings (SSSR count). The van der Waals surface area contributed by atoms with E-state index in [0.717, 1.165) is 40.3 Å². The normalized spacial score (nSPS) is 14.2. The maximum atomic E-state index is 13.7. The molecule has 2 nitrogen and oxygen atoms in total. The fraction of sp³-hybridized carbons (Fsp3) is 0.263. The molecule has 24 heavy (non-hydrogen) atoms. The molecule has 1 heterocycles. The largest absolute Gasteiger partial charge is 0.508 e. The van der Waals surface area contributed by atoms with Gasteiger partial charge in [-0.1, -0.05) is 18.2 Å². The van der Waals surface area contributed by atoms with E-state index in [2.05, 4.69) is 19.0 Å². The minimum Gasteiger partial charge on any atom is -0.508 e. The van der Waals surface area contributed by atoms with Crippen molar-refractivity contribution in [3.8, 4) is 5.75 Å². The Bertz CT molecular complexity index is 761. The number of likely N-dealkylation sites (N-methyl/N-ethyl adjacent to an activating group) is 1. The molecule has 0 saturated carbocycles. The summed E-state index contributed by atoms with van der Waals surface area (Å²) in [7, 11) is 4.10. The monoisotopic (exact) mass is 365 g/mol. The SMILES string of the molecule is CN(C)CC1=C(c2cccc(O)c2)c2ccc(F)cc2SCC1.Cl. The van der Waals surface area contributed by atoms with Crippen LogP contribution in [0.5, 0.6) is 5.75 Å². The van der Waals surface area contributed by atoms with Crippen LogP contribution >= 0.6 is 24.2 Å². The molecule has 1 aliphatic rings. The summed E-state index contributed by atoms with van der Waals surface area (Å²) in [6, 6.07) is 12.3. The highest BCUT2D eigenvalue weighted by Gasteiger charge is 2.20. The van der Waals surface area contributed by atoms with Crippen molar-refractivity contribution < 1.29 is 9.50 Å². The van der Waals surface area contributed by atoms with E-state index in [0.29, 0.717) is 0 Å². The molecule has 1 aliphatic heterocycles. The smallest absolute Gasteiger partial charge is 0.124 e. The van der Waals surface area contributed by atoms with Gasteiger partial charge in [0.1, 0.15) is 11.6 Å². The predicted octanol–water partition coefficient (Wildman–Crippen LogP) is 4.81. The average molecular weight is 366 g/mol. The molecule has 0 atom stereocenters. The zero-order valence-corrected chi connectivity index (χ0v) is 15.4. The van der Waals surface area contributed by atoms with Crippen LogP contribution in [0.2, 0.25) is 0 Å². The molecule has 0 fully saturated rings. The van der Waals surface area contributed by atoms with E-state index in [1.54, 1.807) is 30.0 Å². The van der Waals surface area contributed by atoms with Crippen molar-refractivity contribution in [3.05, 3.63) is 65.0 Å². The van der Waals surface area contributed by atoms with Gasteiger partial charge in [0.25, 0.3) is 0 Å². The first-order valence-corrected chi connectivity index (χ1v) is 8.62. The van der Waals surface area contributed by atoms with Gasteiger partial charge in [-0.25, -0.2) is 4.39 Å². The summed E-state index contributed by atoms with van der Waals surface area (Å²) in [6.07, 6.45) is 0.949. The van der Waals surface area contributed by atoms with Gasteiger partial charge in [-0.2, -0.15) is 0 Å². The Balaban J connectivity index is 0.00000208. The summed E-state index contributed by atoms with van der Waals surface area (Å²) in [5.74, 6) is 0.976. The van der Waals surface area contributed by atoms with Crippen LogP contribution in [0.3, 0.4) is 0 Å². The fourth-order valence-corrected chi connectivity index (χ4v) is 4.07. The third-order valence-electron chi connectivity index (χ3n) is 3.87. The Morgan fingerprint density at radius 1 is 1.17 bits per heavy atom. The predicted molar refractivity (Wildman–Crippen MR) is 102 cm³/mol. The third kappa shape index (κ3) is 4.12. The van der Waals surface area contributed by atoms with Gasteiger partial charge in [-0.15, -0.1) is 24.2 Å². The number of thioether (sulfide) groups is 1. The van der Waals surface area contributed by atoms with Crippen molar-refractivity contribution in [1.82, 2.24) is 4.90 Å². The first-order valence-electron chi connectivity index (χ1n) is 7.63. The molecule has 2 aromatic carbocycles. The van der Waals surface area contributed by atoms with Gasteiger partial charge >= 0.3 is 0 Å². The Morgan fingerprint density at radius 3 is 2.67 bits per heavy atom. The zero-order valence-electron chi connectivity index (χ0n) is 13.8. The summed E-state index contributed by atoms with van der Waals surface area (Å²) in [5.41, 5.74) is 4.47. The van der Waals surface area contributed by atoms with E-state index in [1.165, 1.54) is 11.6 Å². The van der Waals surface area contributed by atoms with E-state index in [9.17, 15) is 9.50 Å². The van der Waals surface area contributed by atoms with Gasteiger partial charge in [-0.05, 0) is 67.1 Å². The number of nitrogens with zero attached hydrogens (tertiary/aromatic N) is 1. The second-order valence-electron chi connectivity index (χ2n) is 6.01. The molecule has 0 spiro atoms. The zero-order chi connectivity index (χ0) is 16.4. The van der Waals surface area contributed by atoms with Crippen LogP contribution in [0, 0.1) is 5.82 Å². The van der Waals surface area contributed by atoms with Crippen molar-refractivity contribution in [1.29, 1.82) is 0 Å². The van der Waals surface area contributed by atoms with Crippen LogP contribution in [0.15, 0.2) is 52.9 Å². The lowest BCUT2D eigenvalue weighted by atomic mass is 9.91. The van der Waals surface area contributed by atoms with E-state index >= 15 is 0 Å². The summed E-state index contributed by atoms with van der Waals surface area (Å²) >= 11 is 1.69. The van der Waals surface area contributed by atoms with E-state index in [-0.39, 0.29) is 24.0 Å². The van der Waals surface area contributed by atoms with Crippen molar-refractivity contribution in [2.24, 2.45) is 0 Å². The van der Waals surface area contributed by atoms with Gasteiger partial charge in [0.15, 0.2) is 0 Å². The van der Waals surface area contributed by atoms with Crippen molar-refractivity contribution in [3.63, 3.8) is 0 Å². The van der Waals surface area contributed by atoms with Crippen LogP contribution in [-0.2, 0) is 0 Å². The number of hydrogen-bond donors (Lipinski definition) is 1. The second-order valence-corrected chi connectivity index (χ2v) is 7.14. The maximum absolute atomic E-state index is 13.7. The minimum absolute atomic E-state index is 0. The first-order chi connectivity index (χ1) is 11.0. The highest BCUT2D eigenvalue weighted by Crippen LogP contribution is 2.40. The molecule has 2 aromatic rings. The molecule has 128 valence electrons. The Hall–Kier alpha value is -1.49. The van der Waals surface area contributed by atoms with Gasteiger partial charge in [0.05, 0.1) is 0 Å². The number of fused-ring (bicyclic) bond motifs is 1. The van der Waals surface area contributed by atoms with E-state index < -0.39 is 0 Å². The van der Waals surface area contributed by atoms with Crippen molar-refractivity contribution in [2.75, 3.05) is 26.4 Å².